The van der Waals surface area contributed by atoms with Crippen molar-refractivity contribution >= 4 is 37.9 Å². The van der Waals surface area contributed by atoms with Crippen LogP contribution < -0.4 is 9.47 Å². The molecule has 0 aliphatic carbocycles. The molecule has 22 heavy (non-hydrogen) atoms. The molecule has 0 atom stereocenters. The number of carbonyl (C=O) groups excluding carboxylic acids is 1. The fourth-order valence-corrected chi connectivity index (χ4v) is 3.53. The van der Waals surface area contributed by atoms with Gasteiger partial charge in [0, 0.05) is 5.56 Å². The van der Waals surface area contributed by atoms with Crippen molar-refractivity contribution in [2.45, 2.75) is 6.42 Å². The Balaban J connectivity index is 1.87. The summed E-state index contributed by atoms with van der Waals surface area (Å²) in [6, 6.07) is 13.4. The molecule has 2 aromatic rings. The first-order chi connectivity index (χ1) is 10.7. The molecule has 0 bridgehead atoms. The molecule has 2 heterocycles. The van der Waals surface area contributed by atoms with E-state index in [-0.39, 0.29) is 19.2 Å². The number of hydrogen-bond acceptors (Lipinski definition) is 4. The lowest BCUT2D eigenvalue weighted by Gasteiger charge is -2.10. The summed E-state index contributed by atoms with van der Waals surface area (Å²) in [5.41, 5.74) is 2.81. The van der Waals surface area contributed by atoms with Gasteiger partial charge in [-0.15, -0.1) is 0 Å². The smallest absolute Gasteiger partial charge is 0.315 e. The lowest BCUT2D eigenvalue weighted by molar-refractivity contribution is -0.135. The van der Waals surface area contributed by atoms with Gasteiger partial charge in [0.15, 0.2) is 17.3 Å². The third-order valence-electron chi connectivity index (χ3n) is 3.64. The molecule has 4 nitrogen and oxygen atoms in total. The number of ether oxygens (including phenoxy) is 3. The fourth-order valence-electron chi connectivity index (χ4n) is 2.58. The quantitative estimate of drug-likeness (QED) is 0.535. The molecule has 0 saturated carbocycles. The molecule has 5 heteroatoms. The Morgan fingerprint density at radius 3 is 2.73 bits per heavy atom. The molecule has 2 aliphatic heterocycles. The summed E-state index contributed by atoms with van der Waals surface area (Å²) in [5, 5.41) is 0. The summed E-state index contributed by atoms with van der Waals surface area (Å²) in [5.74, 6) is 1.68. The molecule has 0 fully saturated rings. The van der Waals surface area contributed by atoms with E-state index in [1.807, 2.05) is 42.5 Å². The molecule has 4 rings (SSSR count). The maximum Gasteiger partial charge on any atom is 0.315 e. The summed E-state index contributed by atoms with van der Waals surface area (Å²) < 4.78 is 17.2. The van der Waals surface area contributed by atoms with E-state index in [0.29, 0.717) is 17.3 Å². The van der Waals surface area contributed by atoms with Gasteiger partial charge >= 0.3 is 5.97 Å². The van der Waals surface area contributed by atoms with Gasteiger partial charge < -0.3 is 14.2 Å². The van der Waals surface area contributed by atoms with E-state index in [1.165, 1.54) is 0 Å². The summed E-state index contributed by atoms with van der Waals surface area (Å²) in [4.78, 5) is 12.1. The number of benzene rings is 2. The molecular formula is C17H11IO4. The Bertz CT molecular complexity index is 810. The molecular weight excluding hydrogens is 395 g/mol. The van der Waals surface area contributed by atoms with Crippen LogP contribution in [-0.4, -0.2) is 12.8 Å². The summed E-state index contributed by atoms with van der Waals surface area (Å²) in [7, 11) is 0. The highest BCUT2D eigenvalue weighted by molar-refractivity contribution is 14.1. The third kappa shape index (κ3) is 2.25. The van der Waals surface area contributed by atoms with Crippen LogP contribution >= 0.6 is 22.6 Å². The van der Waals surface area contributed by atoms with Gasteiger partial charge in [-0.2, -0.15) is 0 Å². The number of fused-ring (bicyclic) bond motifs is 2. The maximum atomic E-state index is 12.1. The molecule has 110 valence electrons. The van der Waals surface area contributed by atoms with Crippen LogP contribution in [0.1, 0.15) is 16.7 Å². The molecule has 2 aromatic carbocycles. The predicted molar refractivity (Wildman–Crippen MR) is 89.6 cm³/mol. The Morgan fingerprint density at radius 1 is 1.00 bits per heavy atom. The Labute approximate surface area is 140 Å². The number of rotatable bonds is 1. The number of hydrogen-bond donors (Lipinski definition) is 0. The maximum absolute atomic E-state index is 12.1. The van der Waals surface area contributed by atoms with E-state index in [2.05, 4.69) is 22.6 Å². The van der Waals surface area contributed by atoms with Crippen LogP contribution in [0.3, 0.4) is 0 Å². The molecule has 2 aliphatic rings. The molecule has 0 spiro atoms. The van der Waals surface area contributed by atoms with Crippen LogP contribution in [0.5, 0.6) is 11.5 Å². The van der Waals surface area contributed by atoms with Gasteiger partial charge in [0.2, 0.25) is 6.79 Å². The minimum Gasteiger partial charge on any atom is -0.454 e. The van der Waals surface area contributed by atoms with Crippen molar-refractivity contribution in [1.82, 2.24) is 0 Å². The van der Waals surface area contributed by atoms with E-state index in [1.54, 1.807) is 0 Å². The van der Waals surface area contributed by atoms with Crippen LogP contribution in [-0.2, 0) is 16.0 Å². The lowest BCUT2D eigenvalue weighted by Crippen LogP contribution is -2.05. The van der Waals surface area contributed by atoms with Gasteiger partial charge in [-0.1, -0.05) is 24.3 Å². The average molecular weight is 406 g/mol. The van der Waals surface area contributed by atoms with Crippen LogP contribution in [0.25, 0.3) is 9.34 Å². The summed E-state index contributed by atoms with van der Waals surface area (Å²) >= 11 is 2.23. The van der Waals surface area contributed by atoms with Crippen molar-refractivity contribution in [3.8, 4) is 11.5 Å². The molecule has 0 radical (unpaired) electrons. The topological polar surface area (TPSA) is 44.8 Å². The highest BCUT2D eigenvalue weighted by Crippen LogP contribution is 2.40. The lowest BCUT2D eigenvalue weighted by atomic mass is 10.0. The minimum atomic E-state index is -0.258. The Kier molecular flexibility index (Phi) is 3.29. The minimum absolute atomic E-state index is 0.220. The van der Waals surface area contributed by atoms with Gasteiger partial charge in [0.05, 0.1) is 10.0 Å². The molecule has 0 amide bonds. The highest BCUT2D eigenvalue weighted by atomic mass is 127. The van der Waals surface area contributed by atoms with Crippen LogP contribution in [0.2, 0.25) is 0 Å². The number of cyclic esters (lactones) is 1. The van der Waals surface area contributed by atoms with Gasteiger partial charge in [-0.25, -0.2) is 0 Å². The second-order valence-electron chi connectivity index (χ2n) is 5.02. The molecule has 0 unspecified atom stereocenters. The number of carbonyl (C=O) groups is 1. The van der Waals surface area contributed by atoms with Gasteiger partial charge in [0.1, 0.15) is 0 Å². The summed E-state index contributed by atoms with van der Waals surface area (Å²) in [6.07, 6.45) is 0.275. The third-order valence-corrected chi connectivity index (χ3v) is 4.71. The van der Waals surface area contributed by atoms with Crippen LogP contribution in [0.4, 0.5) is 0 Å². The molecule has 0 saturated heterocycles. The van der Waals surface area contributed by atoms with Gasteiger partial charge in [-0.3, -0.25) is 4.79 Å². The predicted octanol–water partition coefficient (Wildman–Crippen LogP) is 3.78. The molecule has 0 N–H and O–H groups in total. The number of halogens is 1. The van der Waals surface area contributed by atoms with Crippen LogP contribution in [0.15, 0.2) is 42.5 Å². The van der Waals surface area contributed by atoms with Crippen molar-refractivity contribution in [2.24, 2.45) is 0 Å². The van der Waals surface area contributed by atoms with Crippen molar-refractivity contribution in [3.05, 3.63) is 59.2 Å². The highest BCUT2D eigenvalue weighted by Gasteiger charge is 2.24. The van der Waals surface area contributed by atoms with Crippen LogP contribution in [0, 0.1) is 0 Å². The second-order valence-corrected chi connectivity index (χ2v) is 6.10. The largest absolute Gasteiger partial charge is 0.454 e. The average Bonchev–Trinajstić information content (AvgIpc) is 2.95. The SMILES string of the molecule is O=C1Cc2ccccc2C(I)=C(c2ccc3c(c2)OCO3)O1. The second kappa shape index (κ2) is 5.31. The zero-order valence-electron chi connectivity index (χ0n) is 11.5. The van der Waals surface area contributed by atoms with E-state index in [0.717, 1.165) is 20.3 Å². The normalized spacial score (nSPS) is 16.1. The zero-order chi connectivity index (χ0) is 15.1. The van der Waals surface area contributed by atoms with E-state index in [4.69, 9.17) is 14.2 Å². The summed E-state index contributed by atoms with van der Waals surface area (Å²) in [6.45, 7) is 0.220. The number of esters is 1. The first-order valence-corrected chi connectivity index (χ1v) is 7.89. The van der Waals surface area contributed by atoms with Crippen molar-refractivity contribution in [2.75, 3.05) is 6.79 Å². The first-order valence-electron chi connectivity index (χ1n) is 6.81. The zero-order valence-corrected chi connectivity index (χ0v) is 13.6. The van der Waals surface area contributed by atoms with Crippen molar-refractivity contribution in [1.29, 1.82) is 0 Å². The first kappa shape index (κ1) is 13.6. The van der Waals surface area contributed by atoms with Gasteiger partial charge in [0.25, 0.3) is 0 Å². The molecule has 0 aromatic heterocycles. The van der Waals surface area contributed by atoms with E-state index in [9.17, 15) is 4.79 Å². The Morgan fingerprint density at radius 2 is 1.82 bits per heavy atom. The van der Waals surface area contributed by atoms with Crippen molar-refractivity contribution in [3.63, 3.8) is 0 Å². The standard InChI is InChI=1S/C17H11IO4/c18-16-12-4-2-1-3-10(12)8-15(19)22-17(16)11-5-6-13-14(7-11)21-9-20-13/h1-7H,8-9H2. The Hall–Kier alpha value is -2.02. The fraction of sp³-hybridized carbons (Fsp3) is 0.118. The monoisotopic (exact) mass is 406 g/mol. The van der Waals surface area contributed by atoms with E-state index >= 15 is 0 Å². The van der Waals surface area contributed by atoms with Crippen molar-refractivity contribution < 1.29 is 19.0 Å². The van der Waals surface area contributed by atoms with E-state index < -0.39 is 0 Å². The van der Waals surface area contributed by atoms with Gasteiger partial charge in [-0.05, 0) is 51.9 Å².